The predicted octanol–water partition coefficient (Wildman–Crippen LogP) is 4.96. The van der Waals surface area contributed by atoms with E-state index in [0.29, 0.717) is 33.5 Å². The number of nitrogens with one attached hydrogen (secondary N) is 2. The maximum Gasteiger partial charge on any atom is 0.293 e. The number of anilines is 1. The summed E-state index contributed by atoms with van der Waals surface area (Å²) in [6.07, 6.45) is 1.50. The zero-order chi connectivity index (χ0) is 21.8. The van der Waals surface area contributed by atoms with Crippen molar-refractivity contribution in [2.75, 3.05) is 5.32 Å². The third-order valence-electron chi connectivity index (χ3n) is 4.44. The minimum absolute atomic E-state index is 0.0182. The highest BCUT2D eigenvalue weighted by molar-refractivity contribution is 6.35. The number of aromatic nitrogens is 2. The fourth-order valence-corrected chi connectivity index (χ4v) is 3.45. The molecule has 2 N–H and O–H groups in total. The first kappa shape index (κ1) is 21.7. The number of hydrogen-bond donors (Lipinski definition) is 2. The smallest absolute Gasteiger partial charge is 0.293 e. The van der Waals surface area contributed by atoms with Crippen molar-refractivity contribution in [2.45, 2.75) is 27.3 Å². The lowest BCUT2D eigenvalue weighted by Gasteiger charge is -2.14. The first-order valence-corrected chi connectivity index (χ1v) is 9.94. The zero-order valence-corrected chi connectivity index (χ0v) is 18.2. The van der Waals surface area contributed by atoms with Gasteiger partial charge in [-0.05, 0) is 54.8 Å². The van der Waals surface area contributed by atoms with Gasteiger partial charge < -0.3 is 10.6 Å². The van der Waals surface area contributed by atoms with Crippen LogP contribution in [0.2, 0.25) is 10.0 Å². The average Bonchev–Trinajstić information content (AvgIpc) is 2.71. The molecule has 1 heterocycles. The van der Waals surface area contributed by atoms with Gasteiger partial charge in [0.15, 0.2) is 0 Å². The van der Waals surface area contributed by atoms with E-state index in [9.17, 15) is 9.59 Å². The Morgan fingerprint density at radius 3 is 2.40 bits per heavy atom. The molecule has 0 aliphatic carbocycles. The minimum Gasteiger partial charge on any atom is -0.352 e. The summed E-state index contributed by atoms with van der Waals surface area (Å²) in [4.78, 5) is 32.4. The third kappa shape index (κ3) is 5.14. The summed E-state index contributed by atoms with van der Waals surface area (Å²) in [6.45, 7) is 5.68. The molecule has 0 radical (unpaired) electrons. The van der Waals surface area contributed by atoms with Gasteiger partial charge >= 0.3 is 0 Å². The lowest BCUT2D eigenvalue weighted by molar-refractivity contribution is -0.119. The second kappa shape index (κ2) is 9.24. The summed E-state index contributed by atoms with van der Waals surface area (Å²) >= 11 is 12.3. The van der Waals surface area contributed by atoms with Gasteiger partial charge in [-0.2, -0.15) is 0 Å². The van der Waals surface area contributed by atoms with Crippen LogP contribution >= 0.6 is 23.2 Å². The number of rotatable bonds is 5. The molecule has 0 unspecified atom stereocenters. The Balaban J connectivity index is 1.85. The molecule has 3 rings (SSSR count). The van der Waals surface area contributed by atoms with Crippen LogP contribution in [0, 0.1) is 13.8 Å². The second-order valence-electron chi connectivity index (χ2n) is 6.86. The van der Waals surface area contributed by atoms with Gasteiger partial charge in [-0.3, -0.25) is 9.59 Å². The Kier molecular flexibility index (Phi) is 6.70. The number of carbonyl (C=O) groups is 2. The molecule has 154 valence electrons. The van der Waals surface area contributed by atoms with Crippen molar-refractivity contribution in [3.05, 3.63) is 75.2 Å². The van der Waals surface area contributed by atoms with Crippen molar-refractivity contribution in [3.8, 4) is 11.3 Å². The summed E-state index contributed by atoms with van der Waals surface area (Å²) in [6, 6.07) is 10.6. The summed E-state index contributed by atoms with van der Waals surface area (Å²) in [5.41, 5.74) is 4.50. The van der Waals surface area contributed by atoms with Gasteiger partial charge in [0, 0.05) is 35.9 Å². The first-order chi connectivity index (χ1) is 14.2. The molecule has 30 heavy (non-hydrogen) atoms. The molecule has 0 saturated carbocycles. The van der Waals surface area contributed by atoms with Crippen molar-refractivity contribution in [3.63, 3.8) is 0 Å². The molecule has 0 saturated heterocycles. The van der Waals surface area contributed by atoms with Crippen LogP contribution in [-0.2, 0) is 11.3 Å². The number of benzene rings is 2. The van der Waals surface area contributed by atoms with Crippen LogP contribution < -0.4 is 10.6 Å². The van der Waals surface area contributed by atoms with Crippen LogP contribution in [0.25, 0.3) is 11.3 Å². The quantitative estimate of drug-likeness (QED) is 0.584. The summed E-state index contributed by atoms with van der Waals surface area (Å²) in [7, 11) is 0. The number of aryl methyl sites for hydroxylation is 2. The van der Waals surface area contributed by atoms with Crippen LogP contribution in [0.15, 0.2) is 42.6 Å². The van der Waals surface area contributed by atoms with Gasteiger partial charge in [0.05, 0.1) is 10.7 Å². The molecular weight excluding hydrogens is 423 g/mol. The van der Waals surface area contributed by atoms with Crippen molar-refractivity contribution in [1.29, 1.82) is 0 Å². The number of hydrogen-bond acceptors (Lipinski definition) is 4. The molecule has 2 amide bonds. The van der Waals surface area contributed by atoms with Crippen LogP contribution in [0.3, 0.4) is 0 Å². The fourth-order valence-electron chi connectivity index (χ4n) is 3.06. The van der Waals surface area contributed by atoms with Gasteiger partial charge in [0.25, 0.3) is 5.91 Å². The van der Waals surface area contributed by atoms with Gasteiger partial charge in [0.2, 0.25) is 11.7 Å². The van der Waals surface area contributed by atoms with Gasteiger partial charge in [0.1, 0.15) is 0 Å². The van der Waals surface area contributed by atoms with E-state index in [1.54, 1.807) is 24.3 Å². The molecule has 0 aliphatic rings. The van der Waals surface area contributed by atoms with Crippen LogP contribution in [0.5, 0.6) is 0 Å². The van der Waals surface area contributed by atoms with Gasteiger partial charge in [-0.15, -0.1) is 0 Å². The lowest BCUT2D eigenvalue weighted by atomic mass is 10.0. The summed E-state index contributed by atoms with van der Waals surface area (Å²) < 4.78 is 0. The Morgan fingerprint density at radius 2 is 1.73 bits per heavy atom. The molecule has 2 aromatic carbocycles. The van der Waals surface area contributed by atoms with E-state index in [0.717, 1.165) is 16.7 Å². The molecule has 1 aromatic heterocycles. The van der Waals surface area contributed by atoms with Gasteiger partial charge in [-0.25, -0.2) is 9.97 Å². The average molecular weight is 443 g/mol. The molecule has 0 fully saturated rings. The Morgan fingerprint density at radius 1 is 1.03 bits per heavy atom. The van der Waals surface area contributed by atoms with E-state index < -0.39 is 5.91 Å². The van der Waals surface area contributed by atoms with Crippen molar-refractivity contribution < 1.29 is 9.59 Å². The van der Waals surface area contributed by atoms with Crippen molar-refractivity contribution in [2.24, 2.45) is 0 Å². The first-order valence-electron chi connectivity index (χ1n) is 9.19. The SMILES string of the molecule is CC(=O)NCc1cc(C)c(NC(=O)c2nccc(-c3cc(Cl)ccc3Cl)n2)c(C)c1. The zero-order valence-electron chi connectivity index (χ0n) is 16.7. The van der Waals surface area contributed by atoms with E-state index in [4.69, 9.17) is 23.2 Å². The number of nitrogens with zero attached hydrogens (tertiary/aromatic N) is 2. The third-order valence-corrected chi connectivity index (χ3v) is 5.00. The van der Waals surface area contributed by atoms with E-state index in [2.05, 4.69) is 20.6 Å². The Labute approximate surface area is 184 Å². The summed E-state index contributed by atoms with van der Waals surface area (Å²) in [5, 5.41) is 6.64. The number of halogens is 2. The van der Waals surface area contributed by atoms with Crippen LogP contribution in [0.4, 0.5) is 5.69 Å². The standard InChI is InChI=1S/C22H20Cl2N4O2/c1-12-8-15(11-26-14(3)29)9-13(2)20(12)28-22(30)21-25-7-6-19(27-21)17-10-16(23)4-5-18(17)24/h4-10H,11H2,1-3H3,(H,26,29)(H,28,30). The Hall–Kier alpha value is -2.96. The molecular formula is C22H20Cl2N4O2. The van der Waals surface area contributed by atoms with E-state index in [1.807, 2.05) is 26.0 Å². The lowest BCUT2D eigenvalue weighted by Crippen LogP contribution is -2.20. The maximum absolute atomic E-state index is 12.8. The topological polar surface area (TPSA) is 84.0 Å². The highest BCUT2D eigenvalue weighted by atomic mass is 35.5. The molecule has 0 spiro atoms. The highest BCUT2D eigenvalue weighted by Gasteiger charge is 2.15. The monoisotopic (exact) mass is 442 g/mol. The Bertz CT molecular complexity index is 1110. The highest BCUT2D eigenvalue weighted by Crippen LogP contribution is 2.29. The van der Waals surface area contributed by atoms with E-state index in [-0.39, 0.29) is 11.7 Å². The van der Waals surface area contributed by atoms with Crippen molar-refractivity contribution in [1.82, 2.24) is 15.3 Å². The number of carbonyl (C=O) groups excluding carboxylic acids is 2. The number of amides is 2. The molecule has 8 heteroatoms. The molecule has 3 aromatic rings. The molecule has 6 nitrogen and oxygen atoms in total. The maximum atomic E-state index is 12.8. The largest absolute Gasteiger partial charge is 0.352 e. The summed E-state index contributed by atoms with van der Waals surface area (Å²) in [5.74, 6) is -0.514. The molecule has 0 atom stereocenters. The normalized spacial score (nSPS) is 10.6. The van der Waals surface area contributed by atoms with Gasteiger partial charge in [-0.1, -0.05) is 35.3 Å². The van der Waals surface area contributed by atoms with E-state index in [1.165, 1.54) is 13.1 Å². The fraction of sp³-hybridized carbons (Fsp3) is 0.182. The van der Waals surface area contributed by atoms with Crippen molar-refractivity contribution >= 4 is 40.7 Å². The molecule has 0 aliphatic heterocycles. The minimum atomic E-state index is -0.434. The van der Waals surface area contributed by atoms with Crippen LogP contribution in [0.1, 0.15) is 34.2 Å². The van der Waals surface area contributed by atoms with E-state index >= 15 is 0 Å². The van der Waals surface area contributed by atoms with Crippen LogP contribution in [-0.4, -0.2) is 21.8 Å². The predicted molar refractivity (Wildman–Crippen MR) is 119 cm³/mol. The molecule has 0 bridgehead atoms. The second-order valence-corrected chi connectivity index (χ2v) is 7.70.